The maximum absolute atomic E-state index is 13.5. The fraction of sp³-hybridized carbons (Fsp3) is 0.467. The zero-order valence-electron chi connectivity index (χ0n) is 25.6. The van der Waals surface area contributed by atoms with Gasteiger partial charge in [-0.1, -0.05) is 26.0 Å². The van der Waals surface area contributed by atoms with Crippen molar-refractivity contribution in [2.75, 3.05) is 27.8 Å². The molecule has 44 heavy (non-hydrogen) atoms. The van der Waals surface area contributed by atoms with Crippen molar-refractivity contribution in [1.82, 2.24) is 21.3 Å². The fourth-order valence-electron chi connectivity index (χ4n) is 4.26. The van der Waals surface area contributed by atoms with Crippen molar-refractivity contribution in [1.29, 1.82) is 0 Å². The number of nitrogens with zero attached hydrogens (tertiary/aromatic N) is 1. The third-order valence-electron chi connectivity index (χ3n) is 6.61. The molecule has 0 saturated heterocycles. The molecule has 14 heteroatoms. The van der Waals surface area contributed by atoms with Gasteiger partial charge in [-0.25, -0.2) is 4.79 Å². The molecule has 0 spiro atoms. The molecule has 0 aliphatic rings. The van der Waals surface area contributed by atoms with Gasteiger partial charge >= 0.3 is 12.1 Å². The molecule has 3 amide bonds. The summed E-state index contributed by atoms with van der Waals surface area (Å²) in [6.07, 6.45) is -0.0925. The average Bonchev–Trinajstić information content (AvgIpc) is 3.01. The van der Waals surface area contributed by atoms with Crippen molar-refractivity contribution in [2.45, 2.75) is 57.8 Å². The van der Waals surface area contributed by atoms with Crippen molar-refractivity contribution < 1.29 is 38.3 Å². The van der Waals surface area contributed by atoms with E-state index in [1.54, 1.807) is 19.2 Å². The number of likely N-dealkylation sites (N-methyl/N-ethyl adjacent to an activating group) is 1. The molecule has 4 N–H and O–H groups in total. The Balaban J connectivity index is 2.02. The summed E-state index contributed by atoms with van der Waals surface area (Å²) in [7, 11) is 4.26. The summed E-state index contributed by atoms with van der Waals surface area (Å²) in [5, 5.41) is 21.7. The first-order valence-electron chi connectivity index (χ1n) is 14.1. The Hall–Kier alpha value is -4.72. The lowest BCUT2D eigenvalue weighted by Gasteiger charge is -2.27. The minimum absolute atomic E-state index is 0.0141. The number of hydrogen-bond donors (Lipinski definition) is 4. The highest BCUT2D eigenvalue weighted by Gasteiger charge is 2.30. The molecule has 240 valence electrons. The normalized spacial score (nSPS) is 12.8. The number of carbonyl (C=O) groups excluding carboxylic acids is 4. The van der Waals surface area contributed by atoms with Crippen LogP contribution in [0.2, 0.25) is 0 Å². The standard InChI is InChI=1S/C30H41N5O9/c1-19(2)16-25(28(37)34-26(27(36)31-3)17-20-8-12-23(42-4)13-9-20)33-24(29(38)43-5)14-15-32-30(39)44-18-21-6-10-22(11-7-21)35(40)41/h6-13,19,24-26,33H,14-18H2,1-5H3,(H,31,36)(H,32,39)(H,34,37)/t24-,25+,26+/m1/s1. The number of ether oxygens (including phenoxy) is 3. The maximum Gasteiger partial charge on any atom is 0.407 e. The van der Waals surface area contributed by atoms with Crippen molar-refractivity contribution in [2.24, 2.45) is 5.92 Å². The Labute approximate surface area is 256 Å². The Bertz CT molecular complexity index is 1250. The first-order valence-corrected chi connectivity index (χ1v) is 14.1. The second-order valence-electron chi connectivity index (χ2n) is 10.4. The molecule has 14 nitrogen and oxygen atoms in total. The quantitative estimate of drug-likeness (QED) is 0.117. The van der Waals surface area contributed by atoms with Gasteiger partial charge in [-0.15, -0.1) is 0 Å². The Morgan fingerprint density at radius 1 is 0.886 bits per heavy atom. The van der Waals surface area contributed by atoms with E-state index in [0.29, 0.717) is 17.7 Å². The highest BCUT2D eigenvalue weighted by molar-refractivity contribution is 5.90. The van der Waals surface area contributed by atoms with Crippen LogP contribution >= 0.6 is 0 Å². The number of hydrogen-bond acceptors (Lipinski definition) is 10. The number of methoxy groups -OCH3 is 2. The smallest absolute Gasteiger partial charge is 0.407 e. The van der Waals surface area contributed by atoms with Crippen LogP contribution in [0, 0.1) is 16.0 Å². The molecular weight excluding hydrogens is 574 g/mol. The van der Waals surface area contributed by atoms with E-state index >= 15 is 0 Å². The van der Waals surface area contributed by atoms with E-state index in [2.05, 4.69) is 21.3 Å². The molecule has 2 aromatic carbocycles. The molecule has 0 aromatic heterocycles. The largest absolute Gasteiger partial charge is 0.497 e. The third kappa shape index (κ3) is 11.9. The molecule has 0 fully saturated rings. The number of esters is 1. The fourth-order valence-corrected chi connectivity index (χ4v) is 4.26. The van der Waals surface area contributed by atoms with Crippen molar-refractivity contribution >= 4 is 29.6 Å². The van der Waals surface area contributed by atoms with E-state index in [1.807, 2.05) is 26.0 Å². The number of carbonyl (C=O) groups is 4. The van der Waals surface area contributed by atoms with Gasteiger partial charge < -0.3 is 30.2 Å². The van der Waals surface area contributed by atoms with Crippen LogP contribution in [-0.2, 0) is 36.9 Å². The molecule has 0 bridgehead atoms. The number of nitrogens with one attached hydrogen (secondary N) is 4. The maximum atomic E-state index is 13.5. The van der Waals surface area contributed by atoms with Gasteiger partial charge in [-0.05, 0) is 54.2 Å². The summed E-state index contributed by atoms with van der Waals surface area (Å²) in [5.74, 6) is -0.752. The number of non-ortho nitro benzene ring substituents is 1. The molecule has 0 aliphatic heterocycles. The van der Waals surface area contributed by atoms with Crippen LogP contribution in [0.5, 0.6) is 5.75 Å². The van der Waals surface area contributed by atoms with Crippen molar-refractivity contribution in [3.05, 3.63) is 69.8 Å². The predicted octanol–water partition coefficient (Wildman–Crippen LogP) is 2.24. The summed E-state index contributed by atoms with van der Waals surface area (Å²) in [6.45, 7) is 3.75. The topological polar surface area (TPSA) is 187 Å². The first-order chi connectivity index (χ1) is 21.0. The second-order valence-corrected chi connectivity index (χ2v) is 10.4. The van der Waals surface area contributed by atoms with Gasteiger partial charge in [0.05, 0.1) is 25.2 Å². The number of rotatable bonds is 17. The molecule has 0 radical (unpaired) electrons. The third-order valence-corrected chi connectivity index (χ3v) is 6.61. The summed E-state index contributed by atoms with van der Waals surface area (Å²) in [5.41, 5.74) is 1.29. The van der Waals surface area contributed by atoms with Gasteiger partial charge in [-0.3, -0.25) is 29.8 Å². The Kier molecular flexibility index (Phi) is 14.6. The summed E-state index contributed by atoms with van der Waals surface area (Å²) in [6, 6.07) is 10.0. The molecule has 0 aliphatic carbocycles. The van der Waals surface area contributed by atoms with Crippen molar-refractivity contribution in [3.63, 3.8) is 0 Å². The van der Waals surface area contributed by atoms with Gasteiger partial charge in [0.2, 0.25) is 11.8 Å². The van der Waals surface area contributed by atoms with E-state index < -0.39 is 41.0 Å². The van der Waals surface area contributed by atoms with E-state index in [0.717, 1.165) is 5.56 Å². The Morgan fingerprint density at radius 3 is 2.07 bits per heavy atom. The van der Waals surface area contributed by atoms with Crippen LogP contribution in [0.3, 0.4) is 0 Å². The second kappa shape index (κ2) is 18.1. The van der Waals surface area contributed by atoms with Gasteiger partial charge in [-0.2, -0.15) is 0 Å². The molecular formula is C30H41N5O9. The number of alkyl carbamates (subject to hydrolysis) is 1. The van der Waals surface area contributed by atoms with E-state index in [4.69, 9.17) is 14.2 Å². The van der Waals surface area contributed by atoms with Crippen LogP contribution in [0.15, 0.2) is 48.5 Å². The van der Waals surface area contributed by atoms with Crippen LogP contribution in [0.25, 0.3) is 0 Å². The molecule has 2 rings (SSSR count). The lowest BCUT2D eigenvalue weighted by atomic mass is 10.00. The van der Waals surface area contributed by atoms with Crippen molar-refractivity contribution in [3.8, 4) is 5.75 Å². The van der Waals surface area contributed by atoms with Gasteiger partial charge in [0.1, 0.15) is 24.4 Å². The average molecular weight is 616 g/mol. The van der Waals surface area contributed by atoms with Gasteiger partial charge in [0.25, 0.3) is 5.69 Å². The lowest BCUT2D eigenvalue weighted by Crippen LogP contribution is -2.56. The molecule has 3 atom stereocenters. The van der Waals surface area contributed by atoms with Crippen LogP contribution in [0.4, 0.5) is 10.5 Å². The molecule has 0 heterocycles. The van der Waals surface area contributed by atoms with E-state index in [9.17, 15) is 29.3 Å². The summed E-state index contributed by atoms with van der Waals surface area (Å²) >= 11 is 0. The summed E-state index contributed by atoms with van der Waals surface area (Å²) in [4.78, 5) is 61.2. The number of benzene rings is 2. The van der Waals surface area contributed by atoms with Crippen LogP contribution in [-0.4, -0.2) is 74.7 Å². The molecule has 0 saturated carbocycles. The minimum atomic E-state index is -0.954. The predicted molar refractivity (Wildman–Crippen MR) is 161 cm³/mol. The van der Waals surface area contributed by atoms with Gasteiger partial charge in [0, 0.05) is 32.1 Å². The van der Waals surface area contributed by atoms with E-state index in [-0.39, 0.29) is 43.5 Å². The zero-order chi connectivity index (χ0) is 32.6. The first kappa shape index (κ1) is 35.5. The molecule has 2 aromatic rings. The number of nitro groups is 1. The zero-order valence-corrected chi connectivity index (χ0v) is 25.6. The lowest BCUT2D eigenvalue weighted by molar-refractivity contribution is -0.384. The minimum Gasteiger partial charge on any atom is -0.497 e. The molecule has 0 unspecified atom stereocenters. The highest BCUT2D eigenvalue weighted by atomic mass is 16.6. The highest BCUT2D eigenvalue weighted by Crippen LogP contribution is 2.15. The van der Waals surface area contributed by atoms with Crippen LogP contribution < -0.4 is 26.0 Å². The summed E-state index contributed by atoms with van der Waals surface area (Å²) < 4.78 is 15.2. The number of nitro benzene ring substituents is 1. The Morgan fingerprint density at radius 2 is 1.52 bits per heavy atom. The monoisotopic (exact) mass is 615 g/mol. The SMILES string of the molecule is CNC(=O)[C@H](Cc1ccc(OC)cc1)NC(=O)[C@H](CC(C)C)N[C@H](CCNC(=O)OCc1ccc([N+](=O)[O-])cc1)C(=O)OC. The van der Waals surface area contributed by atoms with E-state index in [1.165, 1.54) is 38.4 Å². The number of amides is 3. The van der Waals surface area contributed by atoms with Gasteiger partial charge in [0.15, 0.2) is 0 Å². The van der Waals surface area contributed by atoms with Crippen LogP contribution in [0.1, 0.15) is 37.8 Å².